The van der Waals surface area contributed by atoms with Crippen molar-refractivity contribution < 1.29 is 4.79 Å². The Morgan fingerprint density at radius 3 is 3.27 bits per heavy atom. The SMILES string of the molecule is O=C1CC2NCCC2N1c1cccnc1. The van der Waals surface area contributed by atoms with Crippen molar-refractivity contribution >= 4 is 11.6 Å². The predicted octanol–water partition coefficient (Wildman–Crippen LogP) is 0.549. The number of nitrogens with zero attached hydrogens (tertiary/aromatic N) is 2. The van der Waals surface area contributed by atoms with Crippen molar-refractivity contribution in [3.8, 4) is 0 Å². The lowest BCUT2D eigenvalue weighted by Crippen LogP contribution is -2.35. The molecule has 2 aliphatic rings. The molecule has 2 fully saturated rings. The molecule has 0 bridgehead atoms. The number of hydrogen-bond acceptors (Lipinski definition) is 3. The first-order valence-electron chi connectivity index (χ1n) is 5.32. The standard InChI is InChI=1S/C11H13N3O/c15-11-6-9-10(3-5-13-9)14(11)8-2-1-4-12-7-8/h1-2,4,7,9-10,13H,3,5-6H2. The highest BCUT2D eigenvalue weighted by atomic mass is 16.2. The Balaban J connectivity index is 1.95. The monoisotopic (exact) mass is 203 g/mol. The normalized spacial score (nSPS) is 29.6. The Hall–Kier alpha value is -1.42. The van der Waals surface area contributed by atoms with Crippen molar-refractivity contribution in [3.63, 3.8) is 0 Å². The number of amides is 1. The van der Waals surface area contributed by atoms with Crippen LogP contribution in [0.15, 0.2) is 24.5 Å². The average molecular weight is 203 g/mol. The second kappa shape index (κ2) is 3.31. The summed E-state index contributed by atoms with van der Waals surface area (Å²) >= 11 is 0. The van der Waals surface area contributed by atoms with E-state index in [-0.39, 0.29) is 5.91 Å². The number of carbonyl (C=O) groups is 1. The Kier molecular flexibility index (Phi) is 1.95. The van der Waals surface area contributed by atoms with E-state index in [0.29, 0.717) is 18.5 Å². The largest absolute Gasteiger partial charge is 0.311 e. The van der Waals surface area contributed by atoms with Gasteiger partial charge in [0.2, 0.25) is 5.91 Å². The third-order valence-electron chi connectivity index (χ3n) is 3.23. The second-order valence-corrected chi connectivity index (χ2v) is 4.10. The summed E-state index contributed by atoms with van der Waals surface area (Å²) in [5, 5.41) is 3.37. The third kappa shape index (κ3) is 1.33. The molecule has 2 aliphatic heterocycles. The third-order valence-corrected chi connectivity index (χ3v) is 3.23. The first-order valence-corrected chi connectivity index (χ1v) is 5.32. The molecule has 4 heteroatoms. The maximum absolute atomic E-state index is 11.8. The molecule has 2 saturated heterocycles. The van der Waals surface area contributed by atoms with Crippen LogP contribution in [0.2, 0.25) is 0 Å². The van der Waals surface area contributed by atoms with Crippen molar-refractivity contribution in [2.75, 3.05) is 11.4 Å². The smallest absolute Gasteiger partial charge is 0.228 e. The number of fused-ring (bicyclic) bond motifs is 1. The topological polar surface area (TPSA) is 45.2 Å². The number of nitrogens with one attached hydrogen (secondary N) is 1. The molecule has 78 valence electrons. The van der Waals surface area contributed by atoms with Crippen LogP contribution in [0.3, 0.4) is 0 Å². The summed E-state index contributed by atoms with van der Waals surface area (Å²) in [6.45, 7) is 1.01. The quantitative estimate of drug-likeness (QED) is 0.725. The zero-order valence-corrected chi connectivity index (χ0v) is 8.39. The second-order valence-electron chi connectivity index (χ2n) is 4.10. The molecular formula is C11H13N3O. The molecule has 2 atom stereocenters. The summed E-state index contributed by atoms with van der Waals surface area (Å²) in [5.41, 5.74) is 0.929. The average Bonchev–Trinajstić information content (AvgIpc) is 2.78. The number of rotatable bonds is 1. The van der Waals surface area contributed by atoms with Gasteiger partial charge in [-0.05, 0) is 25.1 Å². The molecule has 3 heterocycles. The lowest BCUT2D eigenvalue weighted by Gasteiger charge is -2.22. The molecular weight excluding hydrogens is 190 g/mol. The van der Waals surface area contributed by atoms with E-state index in [2.05, 4.69) is 10.3 Å². The fourth-order valence-corrected chi connectivity index (χ4v) is 2.57. The molecule has 0 aromatic carbocycles. The number of hydrogen-bond donors (Lipinski definition) is 1. The Morgan fingerprint density at radius 2 is 2.47 bits per heavy atom. The molecule has 2 unspecified atom stereocenters. The van der Waals surface area contributed by atoms with Gasteiger partial charge in [-0.25, -0.2) is 0 Å². The zero-order chi connectivity index (χ0) is 10.3. The van der Waals surface area contributed by atoms with E-state index in [9.17, 15) is 4.79 Å². The highest BCUT2D eigenvalue weighted by Crippen LogP contribution is 2.30. The zero-order valence-electron chi connectivity index (χ0n) is 8.39. The maximum atomic E-state index is 11.8. The van der Waals surface area contributed by atoms with E-state index in [1.54, 1.807) is 12.4 Å². The Bertz CT molecular complexity index is 379. The molecule has 1 N–H and O–H groups in total. The van der Waals surface area contributed by atoms with Crippen LogP contribution in [0.5, 0.6) is 0 Å². The molecule has 1 aromatic rings. The highest BCUT2D eigenvalue weighted by molar-refractivity contribution is 5.97. The first-order chi connectivity index (χ1) is 7.36. The number of carbonyl (C=O) groups excluding carboxylic acids is 1. The number of anilines is 1. The van der Waals surface area contributed by atoms with Gasteiger partial charge in [-0.3, -0.25) is 9.78 Å². The van der Waals surface area contributed by atoms with Gasteiger partial charge in [-0.2, -0.15) is 0 Å². The Morgan fingerprint density at radius 1 is 1.53 bits per heavy atom. The van der Waals surface area contributed by atoms with Gasteiger partial charge in [-0.15, -0.1) is 0 Å². The lowest BCUT2D eigenvalue weighted by molar-refractivity contribution is -0.117. The van der Waals surface area contributed by atoms with Gasteiger partial charge in [0.15, 0.2) is 0 Å². The lowest BCUT2D eigenvalue weighted by atomic mass is 10.1. The molecule has 4 nitrogen and oxygen atoms in total. The van der Waals surface area contributed by atoms with E-state index < -0.39 is 0 Å². The summed E-state index contributed by atoms with van der Waals surface area (Å²) in [5.74, 6) is 0.213. The molecule has 1 aromatic heterocycles. The van der Waals surface area contributed by atoms with Crippen LogP contribution in [-0.4, -0.2) is 29.5 Å². The van der Waals surface area contributed by atoms with Crippen molar-refractivity contribution in [2.24, 2.45) is 0 Å². The van der Waals surface area contributed by atoms with E-state index in [0.717, 1.165) is 18.7 Å². The van der Waals surface area contributed by atoms with E-state index in [1.165, 1.54) is 0 Å². The molecule has 0 spiro atoms. The summed E-state index contributed by atoms with van der Waals surface area (Å²) in [6.07, 6.45) is 5.16. The van der Waals surface area contributed by atoms with Gasteiger partial charge in [-0.1, -0.05) is 0 Å². The fourth-order valence-electron chi connectivity index (χ4n) is 2.57. The van der Waals surface area contributed by atoms with Gasteiger partial charge in [0.25, 0.3) is 0 Å². The first kappa shape index (κ1) is 8.85. The van der Waals surface area contributed by atoms with Crippen molar-refractivity contribution in [2.45, 2.75) is 24.9 Å². The molecule has 0 radical (unpaired) electrons. The minimum atomic E-state index is 0.213. The minimum absolute atomic E-state index is 0.213. The molecule has 0 saturated carbocycles. The van der Waals surface area contributed by atoms with Crippen LogP contribution >= 0.6 is 0 Å². The maximum Gasteiger partial charge on any atom is 0.228 e. The molecule has 3 rings (SSSR count). The van der Waals surface area contributed by atoms with Gasteiger partial charge in [0.1, 0.15) is 0 Å². The van der Waals surface area contributed by atoms with Gasteiger partial charge in [0.05, 0.1) is 17.9 Å². The van der Waals surface area contributed by atoms with E-state index in [1.807, 2.05) is 17.0 Å². The molecule has 1 amide bonds. The van der Waals surface area contributed by atoms with Gasteiger partial charge >= 0.3 is 0 Å². The van der Waals surface area contributed by atoms with Crippen LogP contribution in [0.1, 0.15) is 12.8 Å². The Labute approximate surface area is 88.3 Å². The molecule has 0 aliphatic carbocycles. The summed E-state index contributed by atoms with van der Waals surface area (Å²) in [6, 6.07) is 4.50. The summed E-state index contributed by atoms with van der Waals surface area (Å²) in [7, 11) is 0. The highest BCUT2D eigenvalue weighted by Gasteiger charge is 2.42. The number of aromatic nitrogens is 1. The van der Waals surface area contributed by atoms with Crippen molar-refractivity contribution in [1.29, 1.82) is 0 Å². The van der Waals surface area contributed by atoms with Gasteiger partial charge < -0.3 is 10.2 Å². The van der Waals surface area contributed by atoms with Crippen LogP contribution < -0.4 is 10.2 Å². The van der Waals surface area contributed by atoms with Crippen LogP contribution in [0, 0.1) is 0 Å². The summed E-state index contributed by atoms with van der Waals surface area (Å²) < 4.78 is 0. The van der Waals surface area contributed by atoms with Crippen LogP contribution in [0.4, 0.5) is 5.69 Å². The van der Waals surface area contributed by atoms with Crippen molar-refractivity contribution in [1.82, 2.24) is 10.3 Å². The number of pyridine rings is 1. The fraction of sp³-hybridized carbons (Fsp3) is 0.455. The van der Waals surface area contributed by atoms with Crippen LogP contribution in [-0.2, 0) is 4.79 Å². The van der Waals surface area contributed by atoms with Gasteiger partial charge in [0, 0.05) is 18.7 Å². The summed E-state index contributed by atoms with van der Waals surface area (Å²) in [4.78, 5) is 17.8. The van der Waals surface area contributed by atoms with Crippen molar-refractivity contribution in [3.05, 3.63) is 24.5 Å². The van der Waals surface area contributed by atoms with Crippen LogP contribution in [0.25, 0.3) is 0 Å². The molecule has 15 heavy (non-hydrogen) atoms. The van der Waals surface area contributed by atoms with E-state index >= 15 is 0 Å². The van der Waals surface area contributed by atoms with E-state index in [4.69, 9.17) is 0 Å². The predicted molar refractivity (Wildman–Crippen MR) is 56.5 cm³/mol. The minimum Gasteiger partial charge on any atom is -0.311 e.